The molecule has 0 radical (unpaired) electrons. The van der Waals surface area contributed by atoms with Gasteiger partial charge in [-0.2, -0.15) is 0 Å². The van der Waals surface area contributed by atoms with Crippen LogP contribution in [0.5, 0.6) is 0 Å². The summed E-state index contributed by atoms with van der Waals surface area (Å²) in [6.45, 7) is 0.396. The fourth-order valence-corrected chi connectivity index (χ4v) is 7.11. The zero-order valence-electron chi connectivity index (χ0n) is 17.2. The number of sulfonamides is 1. The van der Waals surface area contributed by atoms with Gasteiger partial charge in [-0.3, -0.25) is 0 Å². The third-order valence-electron chi connectivity index (χ3n) is 6.39. The number of hydrogen-bond acceptors (Lipinski definition) is 3. The summed E-state index contributed by atoms with van der Waals surface area (Å²) in [7, 11) is -3.43. The molecule has 2 aromatic carbocycles. The minimum Gasteiger partial charge on any atom is -0.363 e. The van der Waals surface area contributed by atoms with Crippen LogP contribution in [-0.4, -0.2) is 26.3 Å². The predicted octanol–water partition coefficient (Wildman–Crippen LogP) is 6.61. The normalized spacial score (nSPS) is 23.1. The summed E-state index contributed by atoms with van der Waals surface area (Å²) in [6, 6.07) is 13.1. The predicted molar refractivity (Wildman–Crippen MR) is 130 cm³/mol. The van der Waals surface area contributed by atoms with Crippen molar-refractivity contribution in [1.82, 2.24) is 4.72 Å². The van der Waals surface area contributed by atoms with E-state index in [-0.39, 0.29) is 12.1 Å². The molecule has 8 heteroatoms. The van der Waals surface area contributed by atoms with Crippen LogP contribution in [0.25, 0.3) is 0 Å². The zero-order valence-corrected chi connectivity index (χ0v) is 20.3. The number of anilines is 1. The Hall–Kier alpha value is -0.980. The van der Waals surface area contributed by atoms with Crippen LogP contribution in [0.2, 0.25) is 15.1 Å². The lowest BCUT2D eigenvalue weighted by Crippen LogP contribution is -2.50. The van der Waals surface area contributed by atoms with Crippen LogP contribution in [-0.2, 0) is 10.0 Å². The van der Waals surface area contributed by atoms with Gasteiger partial charge in [-0.1, -0.05) is 60.1 Å². The first-order valence-corrected chi connectivity index (χ1v) is 13.5. The zero-order chi connectivity index (χ0) is 22.0. The van der Waals surface area contributed by atoms with Crippen LogP contribution >= 0.6 is 34.8 Å². The number of nitrogens with zero attached hydrogens (tertiary/aromatic N) is 1. The molecule has 0 aromatic heterocycles. The Morgan fingerprint density at radius 3 is 2.19 bits per heavy atom. The molecule has 2 unspecified atom stereocenters. The molecule has 1 saturated carbocycles. The summed E-state index contributed by atoms with van der Waals surface area (Å²) >= 11 is 18.7. The smallest absolute Gasteiger partial charge is 0.216 e. The summed E-state index contributed by atoms with van der Waals surface area (Å²) < 4.78 is 29.5. The molecule has 1 aliphatic carbocycles. The minimum absolute atomic E-state index is 0.0351. The van der Waals surface area contributed by atoms with E-state index >= 15 is 0 Å². The van der Waals surface area contributed by atoms with E-state index in [0.29, 0.717) is 34.5 Å². The lowest BCUT2D eigenvalue weighted by molar-refractivity contribution is 0.403. The van der Waals surface area contributed by atoms with Crippen molar-refractivity contribution in [2.24, 2.45) is 0 Å². The second-order valence-corrected chi connectivity index (χ2v) is 11.8. The van der Waals surface area contributed by atoms with E-state index in [1.54, 1.807) is 6.07 Å². The van der Waals surface area contributed by atoms with Crippen molar-refractivity contribution in [2.45, 2.75) is 62.3 Å². The van der Waals surface area contributed by atoms with E-state index in [2.05, 4.69) is 9.62 Å². The van der Waals surface area contributed by atoms with E-state index in [1.165, 1.54) is 6.42 Å². The summed E-state index contributed by atoms with van der Waals surface area (Å²) in [5, 5.41) is 1.34. The first kappa shape index (κ1) is 23.2. The Labute approximate surface area is 199 Å². The quantitative estimate of drug-likeness (QED) is 0.501. The highest BCUT2D eigenvalue weighted by atomic mass is 35.5. The molecule has 2 fully saturated rings. The molecule has 1 N–H and O–H groups in total. The van der Waals surface area contributed by atoms with Crippen LogP contribution in [0.3, 0.4) is 0 Å². The fourth-order valence-electron chi connectivity index (χ4n) is 4.75. The number of benzene rings is 2. The number of piperidine rings is 1. The largest absolute Gasteiger partial charge is 0.363 e. The van der Waals surface area contributed by atoms with Crippen molar-refractivity contribution < 1.29 is 8.42 Å². The first-order valence-electron chi connectivity index (χ1n) is 10.8. The molecular formula is C23H27Cl3N2O2S. The van der Waals surface area contributed by atoms with Gasteiger partial charge in [0.25, 0.3) is 0 Å². The molecule has 0 amide bonds. The highest BCUT2D eigenvalue weighted by Crippen LogP contribution is 2.40. The topological polar surface area (TPSA) is 49.4 Å². The summed E-state index contributed by atoms with van der Waals surface area (Å²) in [5.41, 5.74) is 1.88. The maximum absolute atomic E-state index is 13.2. The molecule has 0 spiro atoms. The molecule has 31 heavy (non-hydrogen) atoms. The SMILES string of the molecule is O=S(=O)(NC1CCCCC1)C1CCC(c2ccc(Cl)cc2Cl)N(c2ccc(Cl)cc2)C1. The van der Waals surface area contributed by atoms with Gasteiger partial charge in [-0.25, -0.2) is 13.1 Å². The van der Waals surface area contributed by atoms with Gasteiger partial charge in [0.15, 0.2) is 0 Å². The Kier molecular flexibility index (Phi) is 7.39. The van der Waals surface area contributed by atoms with E-state index in [0.717, 1.165) is 36.9 Å². The second-order valence-electron chi connectivity index (χ2n) is 8.51. The average Bonchev–Trinajstić information content (AvgIpc) is 2.74. The average molecular weight is 502 g/mol. The van der Waals surface area contributed by atoms with Crippen molar-refractivity contribution >= 4 is 50.5 Å². The van der Waals surface area contributed by atoms with E-state index in [9.17, 15) is 8.42 Å². The van der Waals surface area contributed by atoms with Gasteiger partial charge >= 0.3 is 0 Å². The molecule has 4 nitrogen and oxygen atoms in total. The number of nitrogens with one attached hydrogen (secondary N) is 1. The van der Waals surface area contributed by atoms with E-state index in [1.807, 2.05) is 36.4 Å². The van der Waals surface area contributed by atoms with Crippen LogP contribution < -0.4 is 9.62 Å². The van der Waals surface area contributed by atoms with Crippen LogP contribution in [0.1, 0.15) is 56.6 Å². The monoisotopic (exact) mass is 500 g/mol. The van der Waals surface area contributed by atoms with Gasteiger partial charge < -0.3 is 4.90 Å². The molecule has 168 valence electrons. The highest BCUT2D eigenvalue weighted by Gasteiger charge is 2.38. The van der Waals surface area contributed by atoms with Crippen molar-refractivity contribution in [3.8, 4) is 0 Å². The molecule has 2 aromatic rings. The van der Waals surface area contributed by atoms with E-state index in [4.69, 9.17) is 34.8 Å². The van der Waals surface area contributed by atoms with Gasteiger partial charge in [0.05, 0.1) is 11.3 Å². The van der Waals surface area contributed by atoms with E-state index < -0.39 is 15.3 Å². The molecule has 1 heterocycles. The molecule has 4 rings (SSSR count). The minimum atomic E-state index is -3.43. The van der Waals surface area contributed by atoms with Crippen molar-refractivity contribution in [1.29, 1.82) is 0 Å². The van der Waals surface area contributed by atoms with Crippen molar-refractivity contribution in [3.63, 3.8) is 0 Å². The van der Waals surface area contributed by atoms with Gasteiger partial charge in [0, 0.05) is 33.3 Å². The van der Waals surface area contributed by atoms with Crippen molar-refractivity contribution in [2.75, 3.05) is 11.4 Å². The van der Waals surface area contributed by atoms with Crippen molar-refractivity contribution in [3.05, 3.63) is 63.1 Å². The number of rotatable bonds is 5. The first-order chi connectivity index (χ1) is 14.8. The lowest BCUT2D eigenvalue weighted by Gasteiger charge is -2.42. The molecular weight excluding hydrogens is 475 g/mol. The van der Waals surface area contributed by atoms with Gasteiger partial charge in [-0.05, 0) is 67.6 Å². The van der Waals surface area contributed by atoms with Crippen LogP contribution in [0.4, 0.5) is 5.69 Å². The standard InChI is InChI=1S/C23H27Cl3N2O2S/c24-16-6-9-19(10-7-16)28-15-20(31(29,30)27-18-4-2-1-3-5-18)11-13-23(28)21-12-8-17(25)14-22(21)26/h6-10,12,14,18,20,23,27H,1-5,11,13,15H2. The molecule has 1 aliphatic heterocycles. The Balaban J connectivity index is 1.61. The molecule has 2 aliphatic rings. The Morgan fingerprint density at radius 1 is 0.839 bits per heavy atom. The van der Waals surface area contributed by atoms with Gasteiger partial charge in [0.2, 0.25) is 10.0 Å². The lowest BCUT2D eigenvalue weighted by atomic mass is 9.94. The molecule has 0 bridgehead atoms. The Bertz CT molecular complexity index is 1010. The number of halogens is 3. The summed E-state index contributed by atoms with van der Waals surface area (Å²) in [5.74, 6) is 0. The molecule has 1 saturated heterocycles. The van der Waals surface area contributed by atoms with Gasteiger partial charge in [-0.15, -0.1) is 0 Å². The third-order valence-corrected chi connectivity index (χ3v) is 9.13. The van der Waals surface area contributed by atoms with Crippen LogP contribution in [0.15, 0.2) is 42.5 Å². The van der Waals surface area contributed by atoms with Gasteiger partial charge in [0.1, 0.15) is 0 Å². The Morgan fingerprint density at radius 2 is 1.52 bits per heavy atom. The fraction of sp³-hybridized carbons (Fsp3) is 0.478. The maximum Gasteiger partial charge on any atom is 0.216 e. The summed E-state index contributed by atoms with van der Waals surface area (Å²) in [6.07, 6.45) is 6.48. The second kappa shape index (κ2) is 9.88. The van der Waals surface area contributed by atoms with Crippen LogP contribution in [0, 0.1) is 0 Å². The summed E-state index contributed by atoms with van der Waals surface area (Å²) in [4.78, 5) is 2.14. The molecule has 2 atom stereocenters. The highest BCUT2D eigenvalue weighted by molar-refractivity contribution is 7.90. The number of hydrogen-bond donors (Lipinski definition) is 1. The maximum atomic E-state index is 13.2. The third kappa shape index (κ3) is 5.51.